The summed E-state index contributed by atoms with van der Waals surface area (Å²) >= 11 is 6.70. The van der Waals surface area contributed by atoms with Gasteiger partial charge in [-0.3, -0.25) is 9.59 Å². The smallest absolute Gasteiger partial charge is 0.257 e. The highest BCUT2D eigenvalue weighted by Gasteiger charge is 2.28. The molecule has 0 saturated carbocycles. The van der Waals surface area contributed by atoms with Gasteiger partial charge in [-0.2, -0.15) is 0 Å². The molecule has 1 saturated heterocycles. The lowest BCUT2D eigenvalue weighted by Gasteiger charge is -2.36. The first kappa shape index (κ1) is 27.5. The van der Waals surface area contributed by atoms with E-state index in [1.54, 1.807) is 29.2 Å². The normalized spacial score (nSPS) is 13.6. The summed E-state index contributed by atoms with van der Waals surface area (Å²) in [6.07, 6.45) is 2.96. The monoisotopic (exact) mass is 537 g/mol. The highest BCUT2D eigenvalue weighted by Crippen LogP contribution is 2.37. The number of amides is 2. The number of fused-ring (bicyclic) bond motifs is 1. The van der Waals surface area contributed by atoms with E-state index in [1.165, 1.54) is 12.1 Å². The zero-order valence-corrected chi connectivity index (χ0v) is 22.9. The Balaban J connectivity index is 1.90. The summed E-state index contributed by atoms with van der Waals surface area (Å²) in [5, 5.41) is 0.896. The van der Waals surface area contributed by atoms with E-state index in [0.29, 0.717) is 67.2 Å². The Morgan fingerprint density at radius 2 is 1.76 bits per heavy atom. The lowest BCUT2D eigenvalue weighted by atomic mass is 10.0. The van der Waals surface area contributed by atoms with Crippen molar-refractivity contribution >= 4 is 40.1 Å². The fourth-order valence-corrected chi connectivity index (χ4v) is 5.17. The van der Waals surface area contributed by atoms with Crippen molar-refractivity contribution in [1.29, 1.82) is 0 Å². The molecule has 0 atom stereocenters. The van der Waals surface area contributed by atoms with Crippen LogP contribution in [0.25, 0.3) is 22.2 Å². The van der Waals surface area contributed by atoms with Crippen molar-refractivity contribution < 1.29 is 14.0 Å². The number of nitrogens with zero attached hydrogens (tertiary/aromatic N) is 5. The van der Waals surface area contributed by atoms with Gasteiger partial charge < -0.3 is 14.7 Å². The molecule has 0 bridgehead atoms. The number of halogens is 2. The molecule has 3 heterocycles. The minimum atomic E-state index is -0.443. The molecule has 3 aromatic rings. The minimum Gasteiger partial charge on any atom is -0.352 e. The number of pyridine rings is 2. The molecule has 9 heteroatoms. The first-order chi connectivity index (χ1) is 18.3. The molecule has 0 N–H and O–H groups in total. The highest BCUT2D eigenvalue weighted by molar-refractivity contribution is 6.34. The lowest BCUT2D eigenvalue weighted by molar-refractivity contribution is -0.126. The summed E-state index contributed by atoms with van der Waals surface area (Å²) in [4.78, 5) is 41.3. The summed E-state index contributed by atoms with van der Waals surface area (Å²) in [5.41, 5.74) is 1.95. The Morgan fingerprint density at radius 1 is 1.11 bits per heavy atom. The summed E-state index contributed by atoms with van der Waals surface area (Å²) < 4.78 is 14.8. The summed E-state index contributed by atoms with van der Waals surface area (Å²) in [5.74, 6) is -0.0507. The van der Waals surface area contributed by atoms with Crippen LogP contribution >= 0.6 is 11.6 Å². The van der Waals surface area contributed by atoms with Gasteiger partial charge in [0.25, 0.3) is 5.91 Å². The van der Waals surface area contributed by atoms with Gasteiger partial charge in [0, 0.05) is 50.2 Å². The van der Waals surface area contributed by atoms with Gasteiger partial charge in [0.15, 0.2) is 0 Å². The molecule has 1 aliphatic heterocycles. The van der Waals surface area contributed by atoms with Crippen molar-refractivity contribution in [3.63, 3.8) is 0 Å². The van der Waals surface area contributed by atoms with E-state index in [-0.39, 0.29) is 28.1 Å². The number of aromatic nitrogens is 2. The van der Waals surface area contributed by atoms with Crippen LogP contribution in [0, 0.1) is 12.7 Å². The second-order valence-electron chi connectivity index (χ2n) is 9.40. The molecule has 1 aliphatic rings. The SMILES string of the molecule is C=CC(=O)N1CCN(c2nc(C)c(C(=O)N(CCC)CCC)c3nc(-c4ccccc4F)c(Cl)cc23)CC1. The number of carbonyl (C=O) groups excluding carboxylic acids is 2. The van der Waals surface area contributed by atoms with E-state index >= 15 is 0 Å². The molecule has 2 aromatic heterocycles. The molecular weight excluding hydrogens is 505 g/mol. The van der Waals surface area contributed by atoms with Crippen molar-refractivity contribution in [2.75, 3.05) is 44.2 Å². The minimum absolute atomic E-state index is 0.106. The number of benzene rings is 1. The molecule has 4 rings (SSSR count). The van der Waals surface area contributed by atoms with Gasteiger partial charge in [-0.25, -0.2) is 14.4 Å². The summed E-state index contributed by atoms with van der Waals surface area (Å²) in [7, 11) is 0. The Kier molecular flexibility index (Phi) is 8.62. The van der Waals surface area contributed by atoms with Crippen LogP contribution < -0.4 is 4.90 Å². The number of rotatable bonds is 8. The Hall–Kier alpha value is -3.52. The van der Waals surface area contributed by atoms with Gasteiger partial charge in [0.2, 0.25) is 5.91 Å². The van der Waals surface area contributed by atoms with Crippen molar-refractivity contribution in [2.45, 2.75) is 33.6 Å². The predicted octanol–water partition coefficient (Wildman–Crippen LogP) is 5.49. The largest absolute Gasteiger partial charge is 0.352 e. The molecule has 0 spiro atoms. The third-order valence-electron chi connectivity index (χ3n) is 6.77. The second-order valence-corrected chi connectivity index (χ2v) is 9.81. The van der Waals surface area contributed by atoms with Crippen LogP contribution in [0.1, 0.15) is 42.7 Å². The number of piperazine rings is 1. The van der Waals surface area contributed by atoms with Crippen LogP contribution in [0.4, 0.5) is 10.2 Å². The Bertz CT molecular complexity index is 1360. The molecule has 7 nitrogen and oxygen atoms in total. The van der Waals surface area contributed by atoms with E-state index in [0.717, 1.165) is 12.8 Å². The average Bonchev–Trinajstić information content (AvgIpc) is 2.92. The van der Waals surface area contributed by atoms with E-state index in [4.69, 9.17) is 21.6 Å². The number of hydrogen-bond donors (Lipinski definition) is 0. The highest BCUT2D eigenvalue weighted by atomic mass is 35.5. The van der Waals surface area contributed by atoms with Crippen LogP contribution in [0.3, 0.4) is 0 Å². The average molecular weight is 538 g/mol. The first-order valence-corrected chi connectivity index (χ1v) is 13.4. The van der Waals surface area contributed by atoms with E-state index in [9.17, 15) is 14.0 Å². The fraction of sp³-hybridized carbons (Fsp3) is 0.379. The van der Waals surface area contributed by atoms with Crippen molar-refractivity contribution in [3.8, 4) is 11.3 Å². The summed E-state index contributed by atoms with van der Waals surface area (Å²) in [6.45, 7) is 12.8. The van der Waals surface area contributed by atoms with Crippen LogP contribution in [-0.2, 0) is 4.79 Å². The van der Waals surface area contributed by atoms with E-state index < -0.39 is 5.82 Å². The standard InChI is InChI=1S/C29H33ClFN5O2/c1-5-12-36(13-6-2)29(38)25-19(4)32-28(35-16-14-34(15-17-35)24(37)7-3)21-18-22(30)26(33-27(21)25)20-10-8-9-11-23(20)31/h7-11,18H,3,5-6,12-17H2,1-2,4H3. The molecule has 0 unspecified atom stereocenters. The topological polar surface area (TPSA) is 69.6 Å². The van der Waals surface area contributed by atoms with Gasteiger partial charge in [0.1, 0.15) is 11.6 Å². The Morgan fingerprint density at radius 3 is 2.37 bits per heavy atom. The third-order valence-corrected chi connectivity index (χ3v) is 7.06. The zero-order valence-electron chi connectivity index (χ0n) is 22.1. The van der Waals surface area contributed by atoms with Gasteiger partial charge in [-0.05, 0) is 44.0 Å². The van der Waals surface area contributed by atoms with E-state index in [1.807, 2.05) is 25.7 Å². The predicted molar refractivity (Wildman–Crippen MR) is 150 cm³/mol. The van der Waals surface area contributed by atoms with Crippen molar-refractivity contribution in [3.05, 3.63) is 65.1 Å². The molecule has 38 heavy (non-hydrogen) atoms. The molecule has 0 radical (unpaired) electrons. The molecule has 1 fully saturated rings. The number of carbonyl (C=O) groups is 2. The molecular formula is C29H33ClFN5O2. The molecule has 1 aromatic carbocycles. The molecule has 200 valence electrons. The van der Waals surface area contributed by atoms with Gasteiger partial charge in [-0.1, -0.05) is 44.2 Å². The number of anilines is 1. The van der Waals surface area contributed by atoms with Crippen LogP contribution in [0.15, 0.2) is 43.0 Å². The second kappa shape index (κ2) is 11.9. The van der Waals surface area contributed by atoms with Gasteiger partial charge in [0.05, 0.1) is 27.5 Å². The number of aryl methyl sites for hydroxylation is 1. The maximum atomic E-state index is 14.8. The van der Waals surface area contributed by atoms with Crippen LogP contribution in [0.5, 0.6) is 0 Å². The van der Waals surface area contributed by atoms with Crippen molar-refractivity contribution in [1.82, 2.24) is 19.8 Å². The van der Waals surface area contributed by atoms with Gasteiger partial charge in [-0.15, -0.1) is 0 Å². The first-order valence-electron chi connectivity index (χ1n) is 13.0. The number of hydrogen-bond acceptors (Lipinski definition) is 5. The van der Waals surface area contributed by atoms with Crippen LogP contribution in [-0.4, -0.2) is 70.9 Å². The quantitative estimate of drug-likeness (QED) is 0.355. The maximum Gasteiger partial charge on any atom is 0.257 e. The van der Waals surface area contributed by atoms with Crippen LogP contribution in [0.2, 0.25) is 5.02 Å². The van der Waals surface area contributed by atoms with Gasteiger partial charge >= 0.3 is 0 Å². The Labute approximate surface area is 227 Å². The van der Waals surface area contributed by atoms with Crippen molar-refractivity contribution in [2.24, 2.45) is 0 Å². The zero-order chi connectivity index (χ0) is 27.4. The molecule has 2 amide bonds. The maximum absolute atomic E-state index is 14.8. The molecule has 0 aliphatic carbocycles. The summed E-state index contributed by atoms with van der Waals surface area (Å²) in [6, 6.07) is 8.06. The third kappa shape index (κ3) is 5.36. The fourth-order valence-electron chi connectivity index (χ4n) is 4.92. The lowest BCUT2D eigenvalue weighted by Crippen LogP contribution is -2.48. The van der Waals surface area contributed by atoms with E-state index in [2.05, 4.69) is 11.5 Å².